The highest BCUT2D eigenvalue weighted by atomic mass is 32.2. The van der Waals surface area contributed by atoms with Crippen LogP contribution in [0.25, 0.3) is 0 Å². The van der Waals surface area contributed by atoms with Gasteiger partial charge in [0.1, 0.15) is 11.9 Å². The van der Waals surface area contributed by atoms with E-state index >= 15 is 0 Å². The van der Waals surface area contributed by atoms with Gasteiger partial charge in [0.15, 0.2) is 0 Å². The molecule has 122 valence electrons. The predicted octanol–water partition coefficient (Wildman–Crippen LogP) is 2.80. The molecule has 0 aliphatic heterocycles. The molecule has 1 unspecified atom stereocenters. The summed E-state index contributed by atoms with van der Waals surface area (Å²) in [5.74, 6) is -1.85. The van der Waals surface area contributed by atoms with Crippen molar-refractivity contribution in [3.05, 3.63) is 59.9 Å². The summed E-state index contributed by atoms with van der Waals surface area (Å²) in [6, 6.07) is 9.55. The van der Waals surface area contributed by atoms with E-state index in [1.165, 1.54) is 13.0 Å². The molecular weight excluding hydrogens is 321 g/mol. The summed E-state index contributed by atoms with van der Waals surface area (Å²) in [5, 5.41) is 9.29. The van der Waals surface area contributed by atoms with Crippen LogP contribution < -0.4 is 4.31 Å². The smallest absolute Gasteiger partial charge is 0.327 e. The fourth-order valence-electron chi connectivity index (χ4n) is 2.18. The number of carboxylic acid groups (broad SMARTS) is 1. The van der Waals surface area contributed by atoms with Crippen molar-refractivity contribution < 1.29 is 22.7 Å². The fourth-order valence-corrected chi connectivity index (χ4v) is 3.85. The summed E-state index contributed by atoms with van der Waals surface area (Å²) in [7, 11) is -4.15. The number of anilines is 1. The Morgan fingerprint density at radius 1 is 1.13 bits per heavy atom. The number of halogens is 1. The van der Waals surface area contributed by atoms with Crippen LogP contribution in [0.3, 0.4) is 0 Å². The highest BCUT2D eigenvalue weighted by Gasteiger charge is 2.34. The number of hydrogen-bond donors (Lipinski definition) is 1. The minimum absolute atomic E-state index is 0.171. The maximum Gasteiger partial charge on any atom is 0.327 e. The van der Waals surface area contributed by atoms with Gasteiger partial charge in [-0.05, 0) is 49.7 Å². The van der Waals surface area contributed by atoms with Crippen LogP contribution in [-0.4, -0.2) is 25.5 Å². The van der Waals surface area contributed by atoms with Gasteiger partial charge >= 0.3 is 5.97 Å². The van der Waals surface area contributed by atoms with Crippen LogP contribution in [0.15, 0.2) is 53.4 Å². The standard InChI is InChI=1S/C16H16FNO4S/c1-11-5-3-4-6-15(11)18(12(2)16(19)20)23(21,22)14-9-7-13(17)8-10-14/h3-10,12H,1-2H3,(H,19,20). The van der Waals surface area contributed by atoms with E-state index in [2.05, 4.69) is 0 Å². The molecule has 1 N–H and O–H groups in total. The first-order chi connectivity index (χ1) is 10.7. The Labute approximate surface area is 134 Å². The molecule has 0 spiro atoms. The molecule has 0 bridgehead atoms. The van der Waals surface area contributed by atoms with E-state index in [1.807, 2.05) is 0 Å². The minimum atomic E-state index is -4.15. The van der Waals surface area contributed by atoms with E-state index in [0.29, 0.717) is 5.56 Å². The highest BCUT2D eigenvalue weighted by Crippen LogP contribution is 2.29. The predicted molar refractivity (Wildman–Crippen MR) is 84.3 cm³/mol. The third kappa shape index (κ3) is 3.34. The largest absolute Gasteiger partial charge is 0.480 e. The number of benzene rings is 2. The number of carbonyl (C=O) groups is 1. The van der Waals surface area contributed by atoms with Crippen LogP contribution >= 0.6 is 0 Å². The van der Waals surface area contributed by atoms with Gasteiger partial charge in [0, 0.05) is 0 Å². The second-order valence-electron chi connectivity index (χ2n) is 5.06. The van der Waals surface area contributed by atoms with E-state index in [4.69, 9.17) is 0 Å². The second kappa shape index (κ2) is 6.37. The molecule has 0 aliphatic rings. The molecule has 0 saturated carbocycles. The average molecular weight is 337 g/mol. The monoisotopic (exact) mass is 337 g/mol. The van der Waals surface area contributed by atoms with E-state index < -0.39 is 27.9 Å². The lowest BCUT2D eigenvalue weighted by atomic mass is 10.2. The lowest BCUT2D eigenvalue weighted by Crippen LogP contribution is -2.43. The van der Waals surface area contributed by atoms with Crippen LogP contribution in [0.1, 0.15) is 12.5 Å². The van der Waals surface area contributed by atoms with Gasteiger partial charge in [-0.2, -0.15) is 0 Å². The molecule has 5 nitrogen and oxygen atoms in total. The highest BCUT2D eigenvalue weighted by molar-refractivity contribution is 7.93. The summed E-state index contributed by atoms with van der Waals surface area (Å²) in [6.45, 7) is 2.98. The van der Waals surface area contributed by atoms with Gasteiger partial charge in [-0.1, -0.05) is 18.2 Å². The zero-order valence-corrected chi connectivity index (χ0v) is 13.4. The third-order valence-electron chi connectivity index (χ3n) is 3.43. The van der Waals surface area contributed by atoms with Gasteiger partial charge in [-0.15, -0.1) is 0 Å². The number of rotatable bonds is 5. The van der Waals surface area contributed by atoms with Crippen molar-refractivity contribution in [2.75, 3.05) is 4.31 Å². The molecule has 1 atom stereocenters. The molecular formula is C16H16FNO4S. The quantitative estimate of drug-likeness (QED) is 0.910. The molecule has 0 radical (unpaired) electrons. The number of carboxylic acids is 1. The Balaban J connectivity index is 2.64. The van der Waals surface area contributed by atoms with Gasteiger partial charge in [-0.25, -0.2) is 17.6 Å². The van der Waals surface area contributed by atoms with Gasteiger partial charge in [0.25, 0.3) is 10.0 Å². The molecule has 2 rings (SSSR count). The summed E-state index contributed by atoms with van der Waals surface area (Å²) in [4.78, 5) is 11.2. The van der Waals surface area contributed by atoms with Crippen molar-refractivity contribution in [3.8, 4) is 0 Å². The van der Waals surface area contributed by atoms with Crippen molar-refractivity contribution in [2.24, 2.45) is 0 Å². The SMILES string of the molecule is Cc1ccccc1N(C(C)C(=O)O)S(=O)(=O)c1ccc(F)cc1. The normalized spacial score (nSPS) is 12.7. The topological polar surface area (TPSA) is 74.7 Å². The Morgan fingerprint density at radius 3 is 2.22 bits per heavy atom. The zero-order chi connectivity index (χ0) is 17.2. The van der Waals surface area contributed by atoms with Crippen molar-refractivity contribution in [3.63, 3.8) is 0 Å². The van der Waals surface area contributed by atoms with Crippen LogP contribution in [0.4, 0.5) is 10.1 Å². The van der Waals surface area contributed by atoms with Gasteiger partial charge in [0.05, 0.1) is 10.6 Å². The van der Waals surface area contributed by atoms with Crippen LogP contribution in [0.2, 0.25) is 0 Å². The third-order valence-corrected chi connectivity index (χ3v) is 5.33. The molecule has 2 aromatic rings. The Hall–Kier alpha value is -2.41. The molecule has 0 saturated heterocycles. The lowest BCUT2D eigenvalue weighted by molar-refractivity contribution is -0.137. The van der Waals surface area contributed by atoms with Gasteiger partial charge in [-0.3, -0.25) is 4.31 Å². The molecule has 23 heavy (non-hydrogen) atoms. The molecule has 7 heteroatoms. The molecule has 0 aromatic heterocycles. The molecule has 0 amide bonds. The zero-order valence-electron chi connectivity index (χ0n) is 12.6. The van der Waals surface area contributed by atoms with Crippen LogP contribution in [0.5, 0.6) is 0 Å². The first kappa shape index (κ1) is 17.0. The van der Waals surface area contributed by atoms with E-state index in [1.54, 1.807) is 25.1 Å². The van der Waals surface area contributed by atoms with Crippen LogP contribution in [-0.2, 0) is 14.8 Å². The van der Waals surface area contributed by atoms with E-state index in [9.17, 15) is 22.7 Å². The van der Waals surface area contributed by atoms with Crippen molar-refractivity contribution >= 4 is 21.7 Å². The summed E-state index contributed by atoms with van der Waals surface area (Å²) < 4.78 is 39.7. The fraction of sp³-hybridized carbons (Fsp3) is 0.188. The number of nitrogens with zero attached hydrogens (tertiary/aromatic N) is 1. The summed E-state index contributed by atoms with van der Waals surface area (Å²) in [6.07, 6.45) is 0. The first-order valence-corrected chi connectivity index (χ1v) is 8.27. The Bertz CT molecular complexity index is 818. The van der Waals surface area contributed by atoms with Crippen molar-refractivity contribution in [2.45, 2.75) is 24.8 Å². The number of hydrogen-bond acceptors (Lipinski definition) is 3. The molecule has 0 fully saturated rings. The number of sulfonamides is 1. The maximum atomic E-state index is 13.0. The first-order valence-electron chi connectivity index (χ1n) is 6.83. The lowest BCUT2D eigenvalue weighted by Gasteiger charge is -2.29. The molecule has 0 aliphatic carbocycles. The maximum absolute atomic E-state index is 13.0. The second-order valence-corrected chi connectivity index (χ2v) is 6.87. The van der Waals surface area contributed by atoms with Crippen molar-refractivity contribution in [1.82, 2.24) is 0 Å². The minimum Gasteiger partial charge on any atom is -0.480 e. The van der Waals surface area contributed by atoms with Gasteiger partial charge in [0.2, 0.25) is 0 Å². The van der Waals surface area contributed by atoms with E-state index in [-0.39, 0.29) is 10.6 Å². The summed E-state index contributed by atoms with van der Waals surface area (Å²) in [5.41, 5.74) is 0.887. The van der Waals surface area contributed by atoms with Crippen LogP contribution in [0, 0.1) is 12.7 Å². The number of para-hydroxylation sites is 1. The average Bonchev–Trinajstić information content (AvgIpc) is 2.49. The van der Waals surface area contributed by atoms with Crippen molar-refractivity contribution in [1.29, 1.82) is 0 Å². The van der Waals surface area contributed by atoms with E-state index in [0.717, 1.165) is 28.6 Å². The Morgan fingerprint density at radius 2 is 1.70 bits per heavy atom. The van der Waals surface area contributed by atoms with Gasteiger partial charge < -0.3 is 5.11 Å². The Kier molecular flexibility index (Phi) is 4.70. The molecule has 0 heterocycles. The number of aliphatic carboxylic acids is 1. The summed E-state index contributed by atoms with van der Waals surface area (Å²) >= 11 is 0. The number of aryl methyl sites for hydroxylation is 1. The molecule has 2 aromatic carbocycles.